The van der Waals surface area contributed by atoms with Crippen molar-refractivity contribution in [3.8, 4) is 5.75 Å². The molecule has 1 aromatic heterocycles. The number of methoxy groups -OCH3 is 1. The molecule has 11 heavy (non-hydrogen) atoms. The number of rotatable bonds is 1. The molecule has 0 saturated carbocycles. The molecule has 0 saturated heterocycles. The van der Waals surface area contributed by atoms with Gasteiger partial charge in [0.2, 0.25) is 0 Å². The maximum absolute atomic E-state index is 5.08. The van der Waals surface area contributed by atoms with Gasteiger partial charge in [0.15, 0.2) is 0 Å². The predicted molar refractivity (Wildman–Crippen MR) is 47.5 cm³/mol. The van der Waals surface area contributed by atoms with Crippen LogP contribution in [0.2, 0.25) is 0 Å². The van der Waals surface area contributed by atoms with Crippen LogP contribution in [0.25, 0.3) is 10.2 Å². The first-order chi connectivity index (χ1) is 5.40. The van der Waals surface area contributed by atoms with E-state index in [-0.39, 0.29) is 0 Å². The molecule has 1 aromatic carbocycles. The molecule has 0 atom stereocenters. The fourth-order valence-corrected chi connectivity index (χ4v) is 3.96. The third-order valence-corrected chi connectivity index (χ3v) is 4.58. The van der Waals surface area contributed by atoms with Crippen LogP contribution in [0.5, 0.6) is 5.75 Å². The second-order valence-corrected chi connectivity index (χ2v) is 5.21. The summed E-state index contributed by atoms with van der Waals surface area (Å²) in [5, 5.41) is 0. The first-order valence-corrected chi connectivity index (χ1v) is 6.73. The number of nitrogens with zero attached hydrogens (tertiary/aromatic N) is 1. The molecule has 0 radical (unpaired) electrons. The first-order valence-electron chi connectivity index (χ1n) is 3.13. The molecular formula is C7H6NOSSe+. The van der Waals surface area contributed by atoms with Crippen molar-refractivity contribution in [3.05, 3.63) is 18.2 Å². The van der Waals surface area contributed by atoms with Gasteiger partial charge in [-0.3, -0.25) is 0 Å². The molecule has 0 aliphatic heterocycles. The fourth-order valence-electron chi connectivity index (χ4n) is 0.865. The van der Waals surface area contributed by atoms with Gasteiger partial charge >= 0.3 is 73.3 Å². The average Bonchev–Trinajstić information content (AvgIpc) is 2.50. The van der Waals surface area contributed by atoms with Crippen molar-refractivity contribution in [2.75, 3.05) is 7.11 Å². The fraction of sp³-hybridized carbons (Fsp3) is 0.143. The monoisotopic (exact) mass is 232 g/mol. The van der Waals surface area contributed by atoms with Crippen molar-refractivity contribution >= 4 is 33.5 Å². The predicted octanol–water partition coefficient (Wildman–Crippen LogP) is 1.64. The molecule has 2 rings (SSSR count). The Labute approximate surface area is 73.5 Å². The Morgan fingerprint density at radius 1 is 1.55 bits per heavy atom. The summed E-state index contributed by atoms with van der Waals surface area (Å²) in [5.74, 6) is 0.894. The van der Waals surface area contributed by atoms with Gasteiger partial charge in [0.25, 0.3) is 0 Å². The van der Waals surface area contributed by atoms with Crippen LogP contribution < -0.4 is 4.74 Å². The van der Waals surface area contributed by atoms with E-state index in [2.05, 4.69) is 10.0 Å². The van der Waals surface area contributed by atoms with Gasteiger partial charge in [-0.1, -0.05) is 0 Å². The summed E-state index contributed by atoms with van der Waals surface area (Å²) in [6.45, 7) is 0. The van der Waals surface area contributed by atoms with Crippen molar-refractivity contribution in [3.63, 3.8) is 0 Å². The molecule has 2 aromatic rings. The summed E-state index contributed by atoms with van der Waals surface area (Å²) in [5.41, 5.74) is 1.09. The standard InChI is InChI=1S/C7H6NOSSe/c1-9-5-2-3-7-6(4-5)8-11-10-7/h2-4H,1H3/q+1. The van der Waals surface area contributed by atoms with Crippen molar-refractivity contribution in [2.24, 2.45) is 0 Å². The van der Waals surface area contributed by atoms with Gasteiger partial charge in [0.05, 0.1) is 0 Å². The minimum atomic E-state index is 0.356. The number of hydrogen-bond acceptors (Lipinski definition) is 2. The van der Waals surface area contributed by atoms with Crippen LogP contribution in [0.3, 0.4) is 0 Å². The van der Waals surface area contributed by atoms with Crippen LogP contribution in [0.15, 0.2) is 18.2 Å². The van der Waals surface area contributed by atoms with Crippen LogP contribution in [-0.4, -0.2) is 24.7 Å². The summed E-state index contributed by atoms with van der Waals surface area (Å²) in [6, 6.07) is 6.02. The Morgan fingerprint density at radius 2 is 2.45 bits per heavy atom. The summed E-state index contributed by atoms with van der Waals surface area (Å²) >= 11 is 0.356. The van der Waals surface area contributed by atoms with Gasteiger partial charge in [0, 0.05) is 0 Å². The molecule has 1 heterocycles. The molecular weight excluding hydrogens is 225 g/mol. The first kappa shape index (κ1) is 7.22. The average molecular weight is 231 g/mol. The van der Waals surface area contributed by atoms with Crippen molar-refractivity contribution in [1.82, 2.24) is 3.98 Å². The van der Waals surface area contributed by atoms with E-state index in [1.54, 1.807) is 7.11 Å². The van der Waals surface area contributed by atoms with Crippen molar-refractivity contribution < 1.29 is 4.74 Å². The van der Waals surface area contributed by atoms with Gasteiger partial charge in [-0.2, -0.15) is 0 Å². The Bertz CT molecular complexity index is 373. The zero-order chi connectivity index (χ0) is 7.68. The van der Waals surface area contributed by atoms with Crippen LogP contribution in [0, 0.1) is 0 Å². The number of fused-ring (bicyclic) bond motifs is 1. The summed E-state index contributed by atoms with van der Waals surface area (Å²) in [7, 11) is 3.50. The molecule has 2 nitrogen and oxygen atoms in total. The molecule has 0 amide bonds. The van der Waals surface area contributed by atoms with E-state index in [4.69, 9.17) is 4.74 Å². The second-order valence-electron chi connectivity index (χ2n) is 2.08. The molecule has 0 bridgehead atoms. The Kier molecular flexibility index (Phi) is 1.90. The molecule has 0 aliphatic rings. The van der Waals surface area contributed by atoms with Gasteiger partial charge in [0.1, 0.15) is 0 Å². The third-order valence-electron chi connectivity index (χ3n) is 1.43. The summed E-state index contributed by atoms with van der Waals surface area (Å²) in [6.07, 6.45) is 0. The van der Waals surface area contributed by atoms with E-state index in [1.807, 2.05) is 21.8 Å². The van der Waals surface area contributed by atoms with Crippen LogP contribution in [-0.2, 0) is 0 Å². The van der Waals surface area contributed by atoms with E-state index in [0.29, 0.717) is 13.6 Å². The normalized spacial score (nSPS) is 10.3. The Hall–Kier alpha value is -0.441. The zero-order valence-electron chi connectivity index (χ0n) is 5.90. The van der Waals surface area contributed by atoms with E-state index in [0.717, 1.165) is 11.3 Å². The molecule has 4 heteroatoms. The van der Waals surface area contributed by atoms with E-state index >= 15 is 0 Å². The number of ether oxygens (including phenoxy) is 1. The van der Waals surface area contributed by atoms with Crippen LogP contribution in [0.4, 0.5) is 0 Å². The van der Waals surface area contributed by atoms with Crippen molar-refractivity contribution in [2.45, 2.75) is 0 Å². The van der Waals surface area contributed by atoms with Gasteiger partial charge in [-0.25, -0.2) is 0 Å². The van der Waals surface area contributed by atoms with Crippen molar-refractivity contribution in [1.29, 1.82) is 0 Å². The van der Waals surface area contributed by atoms with E-state index in [1.165, 1.54) is 4.70 Å². The minimum absolute atomic E-state index is 0.356. The topological polar surface area (TPSA) is 22.1 Å². The quantitative estimate of drug-likeness (QED) is 0.550. The Balaban J connectivity index is 2.67. The molecule has 0 aliphatic carbocycles. The van der Waals surface area contributed by atoms with E-state index < -0.39 is 0 Å². The SMILES string of the molecule is COc1ccc2[s+][se]nc2c1. The van der Waals surface area contributed by atoms with Gasteiger partial charge in [-0.05, 0) is 0 Å². The zero-order valence-corrected chi connectivity index (χ0v) is 8.43. The second kappa shape index (κ2) is 2.89. The van der Waals surface area contributed by atoms with Gasteiger partial charge < -0.3 is 0 Å². The number of benzene rings is 1. The molecule has 0 spiro atoms. The van der Waals surface area contributed by atoms with Crippen LogP contribution in [0.1, 0.15) is 0 Å². The molecule has 0 fully saturated rings. The molecule has 0 unspecified atom stereocenters. The third kappa shape index (κ3) is 1.29. The molecule has 0 N–H and O–H groups in total. The summed E-state index contributed by atoms with van der Waals surface area (Å²) in [4.78, 5) is 0. The summed E-state index contributed by atoms with van der Waals surface area (Å²) < 4.78 is 10.7. The van der Waals surface area contributed by atoms with Gasteiger partial charge in [-0.15, -0.1) is 0 Å². The number of hydrogen-bond donors (Lipinski definition) is 0. The van der Waals surface area contributed by atoms with Crippen LogP contribution >= 0.6 is 9.72 Å². The maximum atomic E-state index is 5.08. The Morgan fingerprint density at radius 3 is 3.27 bits per heavy atom. The number of aromatic nitrogens is 1. The molecule has 56 valence electrons. The van der Waals surface area contributed by atoms with E-state index in [9.17, 15) is 0 Å².